The number of halogens is 4. The average molecular weight is 456 g/mol. The number of aromatic amines is 2. The third-order valence-corrected chi connectivity index (χ3v) is 5.92. The predicted octanol–water partition coefficient (Wildman–Crippen LogP) is 5.94. The van der Waals surface area contributed by atoms with Crippen molar-refractivity contribution < 1.29 is 22.4 Å². The molecule has 1 fully saturated rings. The maximum atomic E-state index is 14.8. The smallest absolute Gasteiger partial charge is 0.371 e. The highest BCUT2D eigenvalue weighted by Gasteiger charge is 2.35. The summed E-state index contributed by atoms with van der Waals surface area (Å²) in [6.45, 7) is 1.74. The third kappa shape index (κ3) is 3.99. The number of aromatic nitrogens is 3. The summed E-state index contributed by atoms with van der Waals surface area (Å²) in [6.07, 6.45) is -0.0345. The molecular weight excluding hydrogens is 436 g/mol. The Balaban J connectivity index is 1.47. The largest absolute Gasteiger partial charge is 0.417 e. The van der Waals surface area contributed by atoms with Crippen LogP contribution in [0.2, 0.25) is 0 Å². The fourth-order valence-electron chi connectivity index (χ4n) is 4.27. The zero-order valence-corrected chi connectivity index (χ0v) is 17.5. The molecule has 5 nitrogen and oxygen atoms in total. The number of alkyl halides is 3. The minimum absolute atomic E-state index is 0.0524. The van der Waals surface area contributed by atoms with Crippen LogP contribution in [0.15, 0.2) is 48.7 Å². The highest BCUT2D eigenvalue weighted by molar-refractivity contribution is 6.10. The topological polar surface area (TPSA) is 64.8 Å². The molecule has 5 rings (SSSR count). The normalized spacial score (nSPS) is 14.7. The number of nitrogens with zero attached hydrogens (tertiary/aromatic N) is 2. The van der Waals surface area contributed by atoms with Crippen LogP contribution in [0.25, 0.3) is 22.6 Å². The van der Waals surface area contributed by atoms with Crippen molar-refractivity contribution in [3.8, 4) is 11.5 Å². The van der Waals surface area contributed by atoms with Crippen LogP contribution in [0.1, 0.15) is 40.7 Å². The summed E-state index contributed by atoms with van der Waals surface area (Å²) in [4.78, 5) is 25.1. The summed E-state index contributed by atoms with van der Waals surface area (Å²) < 4.78 is 54.7. The molecule has 0 atom stereocenters. The number of hydrogen-bond acceptors (Lipinski definition) is 3. The van der Waals surface area contributed by atoms with Crippen molar-refractivity contribution in [2.24, 2.45) is 0 Å². The zero-order valence-electron chi connectivity index (χ0n) is 17.5. The number of nitrogens with one attached hydrogen (secondary N) is 2. The Morgan fingerprint density at radius 2 is 1.79 bits per heavy atom. The molecule has 1 aliphatic rings. The SMILES string of the molecule is O=C(c1c[nH]c(-c2nc3c(F)cc(N4CCCCC4)cc3[nH]2)c1)c1ccccc1C(F)(F)F. The van der Waals surface area contributed by atoms with Gasteiger partial charge in [0, 0.05) is 36.1 Å². The highest BCUT2D eigenvalue weighted by Crippen LogP contribution is 2.33. The lowest BCUT2D eigenvalue weighted by molar-refractivity contribution is -0.137. The Labute approximate surface area is 186 Å². The lowest BCUT2D eigenvalue weighted by Crippen LogP contribution is -2.29. The number of piperidine rings is 1. The standard InChI is InChI=1S/C24H20F4N4O/c25-18-11-15(32-8-4-1-5-9-32)12-19-21(18)31-23(30-19)20-10-14(13-29-20)22(33)16-6-2-3-7-17(16)24(26,27)28/h2-3,6-7,10-13,29H,1,4-5,8-9H2,(H,30,31). The van der Waals surface area contributed by atoms with E-state index in [1.54, 1.807) is 0 Å². The molecule has 2 aromatic carbocycles. The van der Waals surface area contributed by atoms with Gasteiger partial charge in [-0.1, -0.05) is 18.2 Å². The summed E-state index contributed by atoms with van der Waals surface area (Å²) in [6, 6.07) is 9.38. The molecule has 33 heavy (non-hydrogen) atoms. The van der Waals surface area contributed by atoms with Gasteiger partial charge in [0.25, 0.3) is 0 Å². The number of hydrogen-bond donors (Lipinski definition) is 2. The van der Waals surface area contributed by atoms with E-state index in [0.717, 1.165) is 50.2 Å². The molecule has 0 radical (unpaired) electrons. The highest BCUT2D eigenvalue weighted by atomic mass is 19.4. The maximum Gasteiger partial charge on any atom is 0.417 e. The minimum Gasteiger partial charge on any atom is -0.371 e. The Bertz CT molecular complexity index is 1330. The van der Waals surface area contributed by atoms with Gasteiger partial charge in [0.15, 0.2) is 17.4 Å². The minimum atomic E-state index is -4.65. The van der Waals surface area contributed by atoms with Gasteiger partial charge in [-0.25, -0.2) is 9.37 Å². The van der Waals surface area contributed by atoms with Gasteiger partial charge in [0.1, 0.15) is 5.52 Å². The lowest BCUT2D eigenvalue weighted by Gasteiger charge is -2.28. The van der Waals surface area contributed by atoms with Crippen molar-refractivity contribution in [2.45, 2.75) is 25.4 Å². The van der Waals surface area contributed by atoms with Gasteiger partial charge in [0.2, 0.25) is 0 Å². The molecular formula is C24H20F4N4O. The Morgan fingerprint density at radius 1 is 1.03 bits per heavy atom. The number of rotatable bonds is 4. The quantitative estimate of drug-likeness (QED) is 0.295. The Hall–Kier alpha value is -3.62. The van der Waals surface area contributed by atoms with Crippen molar-refractivity contribution >= 4 is 22.5 Å². The van der Waals surface area contributed by atoms with E-state index >= 15 is 0 Å². The number of anilines is 1. The van der Waals surface area contributed by atoms with Gasteiger partial charge < -0.3 is 14.9 Å². The summed E-state index contributed by atoms with van der Waals surface area (Å²) in [5.41, 5.74) is 0.452. The molecule has 2 N–H and O–H groups in total. The van der Waals surface area contributed by atoms with Crippen LogP contribution in [0.3, 0.4) is 0 Å². The van der Waals surface area contributed by atoms with E-state index in [1.807, 2.05) is 6.07 Å². The second-order valence-electron chi connectivity index (χ2n) is 8.13. The number of ketones is 1. The summed E-state index contributed by atoms with van der Waals surface area (Å²) in [5, 5.41) is 0. The van der Waals surface area contributed by atoms with E-state index in [9.17, 15) is 22.4 Å². The third-order valence-electron chi connectivity index (χ3n) is 5.92. The van der Waals surface area contributed by atoms with E-state index in [0.29, 0.717) is 17.0 Å². The van der Waals surface area contributed by atoms with Gasteiger partial charge in [-0.2, -0.15) is 13.2 Å². The number of imidazole rings is 1. The van der Waals surface area contributed by atoms with Gasteiger partial charge in [0.05, 0.1) is 16.8 Å². The van der Waals surface area contributed by atoms with E-state index < -0.39 is 28.9 Å². The molecule has 0 amide bonds. The second-order valence-corrected chi connectivity index (χ2v) is 8.13. The van der Waals surface area contributed by atoms with Gasteiger partial charge in [-0.05, 0) is 43.5 Å². The molecule has 9 heteroatoms. The first-order valence-electron chi connectivity index (χ1n) is 10.7. The molecule has 170 valence electrons. The molecule has 2 aromatic heterocycles. The number of carbonyl (C=O) groups excluding carboxylic acids is 1. The lowest BCUT2D eigenvalue weighted by atomic mass is 9.99. The van der Waals surface area contributed by atoms with E-state index in [1.165, 1.54) is 30.5 Å². The number of fused-ring (bicyclic) bond motifs is 1. The molecule has 0 spiro atoms. The first-order valence-corrected chi connectivity index (χ1v) is 10.7. The Kier molecular flexibility index (Phi) is 5.19. The van der Waals surface area contributed by atoms with Gasteiger partial charge in [-0.3, -0.25) is 4.79 Å². The molecule has 1 saturated heterocycles. The predicted molar refractivity (Wildman–Crippen MR) is 117 cm³/mol. The van der Waals surface area contributed by atoms with Crippen molar-refractivity contribution in [3.63, 3.8) is 0 Å². The molecule has 4 aromatic rings. The zero-order chi connectivity index (χ0) is 23.2. The van der Waals surface area contributed by atoms with Crippen LogP contribution >= 0.6 is 0 Å². The van der Waals surface area contributed by atoms with Crippen molar-refractivity contribution in [2.75, 3.05) is 18.0 Å². The number of carbonyl (C=O) groups is 1. The van der Waals surface area contributed by atoms with E-state index in [2.05, 4.69) is 19.9 Å². The molecule has 3 heterocycles. The number of H-pyrrole nitrogens is 2. The summed E-state index contributed by atoms with van der Waals surface area (Å²) >= 11 is 0. The van der Waals surface area contributed by atoms with Crippen molar-refractivity contribution in [1.29, 1.82) is 0 Å². The average Bonchev–Trinajstić information content (AvgIpc) is 3.46. The first-order chi connectivity index (χ1) is 15.8. The van der Waals surface area contributed by atoms with Crippen LogP contribution in [0, 0.1) is 5.82 Å². The number of benzene rings is 2. The van der Waals surface area contributed by atoms with Crippen LogP contribution in [-0.2, 0) is 6.18 Å². The summed E-state index contributed by atoms with van der Waals surface area (Å²) in [7, 11) is 0. The van der Waals surface area contributed by atoms with Crippen molar-refractivity contribution in [3.05, 3.63) is 71.2 Å². The Morgan fingerprint density at radius 3 is 2.55 bits per heavy atom. The summed E-state index contributed by atoms with van der Waals surface area (Å²) in [5.74, 6) is -0.930. The first kappa shape index (κ1) is 21.2. The molecule has 0 saturated carbocycles. The molecule has 0 bridgehead atoms. The van der Waals surface area contributed by atoms with Crippen LogP contribution < -0.4 is 4.90 Å². The van der Waals surface area contributed by atoms with E-state index in [-0.39, 0.29) is 11.1 Å². The van der Waals surface area contributed by atoms with E-state index in [4.69, 9.17) is 0 Å². The van der Waals surface area contributed by atoms with Gasteiger partial charge >= 0.3 is 6.18 Å². The maximum absolute atomic E-state index is 14.8. The monoisotopic (exact) mass is 456 g/mol. The van der Waals surface area contributed by atoms with Crippen molar-refractivity contribution in [1.82, 2.24) is 15.0 Å². The van der Waals surface area contributed by atoms with Crippen LogP contribution in [0.5, 0.6) is 0 Å². The molecule has 0 unspecified atom stereocenters. The van der Waals surface area contributed by atoms with Gasteiger partial charge in [-0.15, -0.1) is 0 Å². The van der Waals surface area contributed by atoms with Crippen LogP contribution in [-0.4, -0.2) is 33.8 Å². The molecule has 0 aliphatic carbocycles. The van der Waals surface area contributed by atoms with Crippen LogP contribution in [0.4, 0.5) is 23.2 Å². The fourth-order valence-corrected chi connectivity index (χ4v) is 4.27. The fraction of sp³-hybridized carbons (Fsp3) is 0.250. The molecule has 1 aliphatic heterocycles. The second kappa shape index (κ2) is 8.06.